The number of hydrogen-bond acceptors (Lipinski definition) is 3. The number of ether oxygens (including phenoxy) is 1. The van der Waals surface area contributed by atoms with Crippen LogP contribution in [-0.2, 0) is 11.3 Å². The van der Waals surface area contributed by atoms with Crippen LogP contribution in [0.5, 0.6) is 0 Å². The Bertz CT molecular complexity index is 614. The molecule has 0 unspecified atom stereocenters. The zero-order chi connectivity index (χ0) is 15.8. The number of aromatic nitrogens is 1. The van der Waals surface area contributed by atoms with Crippen LogP contribution < -0.4 is 5.32 Å². The molecule has 0 aliphatic carbocycles. The third-order valence-electron chi connectivity index (χ3n) is 3.06. The highest BCUT2D eigenvalue weighted by molar-refractivity contribution is 6.30. The van der Waals surface area contributed by atoms with Gasteiger partial charge in [0.05, 0.1) is 17.9 Å². The van der Waals surface area contributed by atoms with Gasteiger partial charge < -0.3 is 10.1 Å². The van der Waals surface area contributed by atoms with Crippen LogP contribution in [0.1, 0.15) is 35.8 Å². The number of benzene rings is 1. The molecule has 1 heterocycles. The van der Waals surface area contributed by atoms with E-state index in [2.05, 4.69) is 17.2 Å². The van der Waals surface area contributed by atoms with Crippen molar-refractivity contribution >= 4 is 23.2 Å². The molecule has 0 aliphatic rings. The van der Waals surface area contributed by atoms with Crippen LogP contribution in [0.25, 0.3) is 0 Å². The van der Waals surface area contributed by atoms with E-state index in [0.717, 1.165) is 25.1 Å². The topological polar surface area (TPSA) is 51.2 Å². The molecule has 0 aliphatic heterocycles. The molecule has 116 valence electrons. The van der Waals surface area contributed by atoms with Crippen LogP contribution in [0.15, 0.2) is 42.6 Å². The summed E-state index contributed by atoms with van der Waals surface area (Å²) in [7, 11) is 0. The molecular formula is C17H19ClN2O2. The quantitative estimate of drug-likeness (QED) is 0.774. The van der Waals surface area contributed by atoms with E-state index in [9.17, 15) is 4.79 Å². The van der Waals surface area contributed by atoms with Crippen molar-refractivity contribution in [1.29, 1.82) is 0 Å². The monoisotopic (exact) mass is 318 g/mol. The molecule has 1 N–H and O–H groups in total. The Morgan fingerprint density at radius 3 is 2.86 bits per heavy atom. The van der Waals surface area contributed by atoms with Crippen molar-refractivity contribution in [3.8, 4) is 0 Å². The Balaban J connectivity index is 1.90. The maximum absolute atomic E-state index is 12.1. The van der Waals surface area contributed by atoms with Gasteiger partial charge in [0.1, 0.15) is 0 Å². The summed E-state index contributed by atoms with van der Waals surface area (Å²) in [5.41, 5.74) is 1.97. The van der Waals surface area contributed by atoms with Crippen LogP contribution in [0, 0.1) is 0 Å². The summed E-state index contributed by atoms with van der Waals surface area (Å²) in [6.45, 7) is 3.32. The first-order valence-corrected chi connectivity index (χ1v) is 7.66. The number of pyridine rings is 1. The lowest BCUT2D eigenvalue weighted by Gasteiger charge is -2.06. The van der Waals surface area contributed by atoms with Gasteiger partial charge in [-0.25, -0.2) is 0 Å². The van der Waals surface area contributed by atoms with Gasteiger partial charge in [-0.05, 0) is 36.8 Å². The van der Waals surface area contributed by atoms with Gasteiger partial charge in [0.15, 0.2) is 0 Å². The molecule has 1 aromatic heterocycles. The minimum atomic E-state index is -0.215. The van der Waals surface area contributed by atoms with Gasteiger partial charge in [-0.1, -0.05) is 31.0 Å². The maximum atomic E-state index is 12.1. The van der Waals surface area contributed by atoms with Gasteiger partial charge in [-0.15, -0.1) is 0 Å². The molecule has 0 bridgehead atoms. The van der Waals surface area contributed by atoms with Crippen molar-refractivity contribution in [2.24, 2.45) is 0 Å². The molecule has 2 rings (SSSR count). The number of anilines is 1. The Hall–Kier alpha value is -1.91. The van der Waals surface area contributed by atoms with Crippen molar-refractivity contribution in [2.45, 2.75) is 26.4 Å². The summed E-state index contributed by atoms with van der Waals surface area (Å²) in [5.74, 6) is -0.215. The summed E-state index contributed by atoms with van der Waals surface area (Å²) in [6.07, 6.45) is 3.70. The van der Waals surface area contributed by atoms with E-state index in [-0.39, 0.29) is 5.91 Å². The van der Waals surface area contributed by atoms with Crippen LogP contribution in [-0.4, -0.2) is 17.5 Å². The van der Waals surface area contributed by atoms with Crippen molar-refractivity contribution < 1.29 is 9.53 Å². The minimum absolute atomic E-state index is 0.215. The first-order valence-electron chi connectivity index (χ1n) is 7.28. The summed E-state index contributed by atoms with van der Waals surface area (Å²) in [5, 5.41) is 3.36. The average molecular weight is 319 g/mol. The van der Waals surface area contributed by atoms with E-state index < -0.39 is 0 Å². The van der Waals surface area contributed by atoms with E-state index >= 15 is 0 Å². The summed E-state index contributed by atoms with van der Waals surface area (Å²) in [4.78, 5) is 16.4. The second-order valence-corrected chi connectivity index (χ2v) is 5.35. The van der Waals surface area contributed by atoms with Crippen molar-refractivity contribution in [3.63, 3.8) is 0 Å². The van der Waals surface area contributed by atoms with E-state index in [4.69, 9.17) is 16.3 Å². The molecule has 4 nitrogen and oxygen atoms in total. The van der Waals surface area contributed by atoms with Crippen LogP contribution in [0.3, 0.4) is 0 Å². The molecule has 2 aromatic rings. The third-order valence-corrected chi connectivity index (χ3v) is 3.30. The van der Waals surface area contributed by atoms with Crippen LogP contribution in [0.2, 0.25) is 5.02 Å². The van der Waals surface area contributed by atoms with Crippen molar-refractivity contribution in [3.05, 3.63) is 58.9 Å². The summed E-state index contributed by atoms with van der Waals surface area (Å²) >= 11 is 5.89. The van der Waals surface area contributed by atoms with Gasteiger partial charge in [-0.2, -0.15) is 0 Å². The van der Waals surface area contributed by atoms with Gasteiger partial charge in [0, 0.05) is 23.5 Å². The molecule has 1 amide bonds. The highest BCUT2D eigenvalue weighted by atomic mass is 35.5. The first kappa shape index (κ1) is 16.5. The fourth-order valence-electron chi connectivity index (χ4n) is 1.84. The van der Waals surface area contributed by atoms with Crippen molar-refractivity contribution in [2.75, 3.05) is 11.9 Å². The number of carbonyl (C=O) groups is 1. The number of hydrogen-bond donors (Lipinski definition) is 1. The number of nitrogens with one attached hydrogen (secondary N) is 1. The predicted octanol–water partition coefficient (Wildman–Crippen LogP) is 4.30. The molecule has 0 spiro atoms. The van der Waals surface area contributed by atoms with E-state index in [1.54, 1.807) is 42.6 Å². The zero-order valence-electron chi connectivity index (χ0n) is 12.5. The maximum Gasteiger partial charge on any atom is 0.257 e. The second kappa shape index (κ2) is 8.51. The second-order valence-electron chi connectivity index (χ2n) is 4.91. The zero-order valence-corrected chi connectivity index (χ0v) is 13.3. The summed E-state index contributed by atoms with van der Waals surface area (Å²) < 4.78 is 5.49. The van der Waals surface area contributed by atoms with E-state index in [1.807, 2.05) is 0 Å². The molecule has 0 radical (unpaired) electrons. The van der Waals surface area contributed by atoms with Gasteiger partial charge in [0.25, 0.3) is 5.91 Å². The molecular weight excluding hydrogens is 300 g/mol. The smallest absolute Gasteiger partial charge is 0.257 e. The fraction of sp³-hybridized carbons (Fsp3) is 0.294. The van der Waals surface area contributed by atoms with Gasteiger partial charge in [0.2, 0.25) is 0 Å². The molecule has 0 atom stereocenters. The minimum Gasteiger partial charge on any atom is -0.375 e. The first-order chi connectivity index (χ1) is 10.7. The SMILES string of the molecule is CCCCOCc1ccc(C(=O)Nc2cccc(Cl)c2)cn1. The lowest BCUT2D eigenvalue weighted by Crippen LogP contribution is -2.12. The Labute approximate surface area is 135 Å². The Morgan fingerprint density at radius 1 is 1.32 bits per heavy atom. The molecule has 0 saturated heterocycles. The highest BCUT2D eigenvalue weighted by Gasteiger charge is 2.07. The van der Waals surface area contributed by atoms with E-state index in [1.165, 1.54) is 0 Å². The lowest BCUT2D eigenvalue weighted by atomic mass is 10.2. The Kier molecular flexibility index (Phi) is 6.37. The molecule has 0 saturated carbocycles. The van der Waals surface area contributed by atoms with Crippen molar-refractivity contribution in [1.82, 2.24) is 4.98 Å². The molecule has 1 aromatic carbocycles. The normalized spacial score (nSPS) is 10.5. The lowest BCUT2D eigenvalue weighted by molar-refractivity contribution is 0.102. The van der Waals surface area contributed by atoms with Crippen LogP contribution in [0.4, 0.5) is 5.69 Å². The third kappa shape index (κ3) is 5.13. The number of amides is 1. The number of rotatable bonds is 7. The number of nitrogens with zero attached hydrogens (tertiary/aromatic N) is 1. The molecule has 22 heavy (non-hydrogen) atoms. The summed E-state index contributed by atoms with van der Waals surface area (Å²) in [6, 6.07) is 10.6. The van der Waals surface area contributed by atoms with Crippen LogP contribution >= 0.6 is 11.6 Å². The standard InChI is InChI=1S/C17H19ClN2O2/c1-2-3-9-22-12-16-8-7-13(11-19-16)17(21)20-15-6-4-5-14(18)10-15/h4-8,10-11H,2-3,9,12H2,1H3,(H,20,21). The van der Waals surface area contributed by atoms with Gasteiger partial charge in [-0.3, -0.25) is 9.78 Å². The predicted molar refractivity (Wildman–Crippen MR) is 88.2 cm³/mol. The fourth-order valence-corrected chi connectivity index (χ4v) is 2.03. The van der Waals surface area contributed by atoms with E-state index in [0.29, 0.717) is 22.9 Å². The highest BCUT2D eigenvalue weighted by Crippen LogP contribution is 2.15. The number of unbranched alkanes of at least 4 members (excludes halogenated alkanes) is 1. The molecule has 0 fully saturated rings. The number of carbonyl (C=O) groups excluding carboxylic acids is 1. The number of halogens is 1. The molecule has 5 heteroatoms. The largest absolute Gasteiger partial charge is 0.375 e. The Morgan fingerprint density at radius 2 is 2.18 bits per heavy atom. The van der Waals surface area contributed by atoms with Gasteiger partial charge >= 0.3 is 0 Å². The average Bonchev–Trinajstić information content (AvgIpc) is 2.52.